The summed E-state index contributed by atoms with van der Waals surface area (Å²) in [6.45, 7) is 0. The first-order valence-corrected chi connectivity index (χ1v) is 7.56. The average molecular weight is 248 g/mol. The Morgan fingerprint density at radius 2 is 1.88 bits per heavy atom. The van der Waals surface area contributed by atoms with Gasteiger partial charge in [0.25, 0.3) is 0 Å². The Hall–Kier alpha value is -0.760. The van der Waals surface area contributed by atoms with E-state index < -0.39 is 0 Å². The van der Waals surface area contributed by atoms with E-state index in [2.05, 4.69) is 24.3 Å². The van der Waals surface area contributed by atoms with Crippen LogP contribution in [0.15, 0.2) is 30.3 Å². The third kappa shape index (κ3) is 3.88. The number of carbonyl (C=O) groups excluding carboxylic acids is 1. The summed E-state index contributed by atoms with van der Waals surface area (Å²) in [5.74, 6) is 1.58. The zero-order valence-electron chi connectivity index (χ0n) is 10.2. The Balaban J connectivity index is 1.85. The standard InChI is InChI=1S/C15H20OS/c16-11-15(14-9-5-2-6-10-14)17-12-13-7-3-1-4-8-13/h1,3-4,7-8,11,14-15H,2,5-6,9-10,12H2. The van der Waals surface area contributed by atoms with Crippen molar-refractivity contribution in [3.8, 4) is 0 Å². The van der Waals surface area contributed by atoms with Crippen LogP contribution in [0.4, 0.5) is 0 Å². The molecular weight excluding hydrogens is 228 g/mol. The molecule has 1 nitrogen and oxygen atoms in total. The molecule has 92 valence electrons. The Bertz CT molecular complexity index is 330. The number of hydrogen-bond donors (Lipinski definition) is 0. The number of rotatable bonds is 5. The lowest BCUT2D eigenvalue weighted by atomic mass is 9.87. The maximum absolute atomic E-state index is 11.2. The lowest BCUT2D eigenvalue weighted by molar-refractivity contribution is -0.108. The molecule has 1 aromatic rings. The molecule has 0 bridgehead atoms. The molecule has 1 aliphatic rings. The fourth-order valence-electron chi connectivity index (χ4n) is 2.52. The summed E-state index contributed by atoms with van der Waals surface area (Å²) in [5.41, 5.74) is 1.32. The Morgan fingerprint density at radius 1 is 1.18 bits per heavy atom. The van der Waals surface area contributed by atoms with Crippen molar-refractivity contribution in [1.82, 2.24) is 0 Å². The third-order valence-electron chi connectivity index (χ3n) is 3.53. The second kappa shape index (κ2) is 6.85. The van der Waals surface area contributed by atoms with Crippen LogP contribution in [0.25, 0.3) is 0 Å². The van der Waals surface area contributed by atoms with Crippen LogP contribution in [-0.4, -0.2) is 11.5 Å². The maximum atomic E-state index is 11.2. The van der Waals surface area contributed by atoms with Gasteiger partial charge in [0, 0.05) is 5.75 Å². The van der Waals surface area contributed by atoms with Gasteiger partial charge in [-0.3, -0.25) is 0 Å². The number of aldehydes is 1. The molecule has 1 saturated carbocycles. The molecular formula is C15H20OS. The zero-order valence-corrected chi connectivity index (χ0v) is 11.0. The number of benzene rings is 1. The molecule has 0 amide bonds. The second-order valence-corrected chi connectivity index (χ2v) is 5.96. The summed E-state index contributed by atoms with van der Waals surface area (Å²) in [5, 5.41) is 0.204. The van der Waals surface area contributed by atoms with E-state index in [9.17, 15) is 4.79 Å². The van der Waals surface area contributed by atoms with E-state index in [-0.39, 0.29) is 5.25 Å². The zero-order chi connectivity index (χ0) is 11.9. The van der Waals surface area contributed by atoms with Gasteiger partial charge in [0.05, 0.1) is 5.25 Å². The first kappa shape index (κ1) is 12.7. The molecule has 17 heavy (non-hydrogen) atoms. The molecule has 1 fully saturated rings. The molecule has 2 rings (SSSR count). The molecule has 0 radical (unpaired) electrons. The summed E-state index contributed by atoms with van der Waals surface area (Å²) >= 11 is 1.81. The van der Waals surface area contributed by atoms with E-state index in [1.807, 2.05) is 17.8 Å². The van der Waals surface area contributed by atoms with Gasteiger partial charge in [-0.2, -0.15) is 0 Å². The summed E-state index contributed by atoms with van der Waals surface area (Å²) in [4.78, 5) is 11.2. The van der Waals surface area contributed by atoms with Gasteiger partial charge in [-0.1, -0.05) is 49.6 Å². The van der Waals surface area contributed by atoms with Crippen molar-refractivity contribution in [3.63, 3.8) is 0 Å². The predicted molar refractivity (Wildman–Crippen MR) is 74.2 cm³/mol. The molecule has 0 aliphatic heterocycles. The van der Waals surface area contributed by atoms with Crippen LogP contribution < -0.4 is 0 Å². The molecule has 1 aromatic carbocycles. The lowest BCUT2D eigenvalue weighted by Crippen LogP contribution is -2.21. The number of thioether (sulfide) groups is 1. The van der Waals surface area contributed by atoms with E-state index in [1.54, 1.807) is 0 Å². The number of hydrogen-bond acceptors (Lipinski definition) is 2. The van der Waals surface area contributed by atoms with Gasteiger partial charge >= 0.3 is 0 Å². The summed E-state index contributed by atoms with van der Waals surface area (Å²) in [6, 6.07) is 10.4. The first-order chi connectivity index (χ1) is 8.40. The summed E-state index contributed by atoms with van der Waals surface area (Å²) in [7, 11) is 0. The first-order valence-electron chi connectivity index (χ1n) is 6.51. The molecule has 0 heterocycles. The molecule has 1 atom stereocenters. The Morgan fingerprint density at radius 3 is 2.53 bits per heavy atom. The summed E-state index contributed by atoms with van der Waals surface area (Å²) in [6.07, 6.45) is 7.62. The molecule has 2 heteroatoms. The van der Waals surface area contributed by atoms with Gasteiger partial charge in [-0.05, 0) is 24.3 Å². The van der Waals surface area contributed by atoms with Gasteiger partial charge in [0.15, 0.2) is 0 Å². The van der Waals surface area contributed by atoms with Crippen LogP contribution in [0, 0.1) is 5.92 Å². The normalized spacial score (nSPS) is 18.8. The van der Waals surface area contributed by atoms with Crippen molar-refractivity contribution in [2.75, 3.05) is 0 Å². The maximum Gasteiger partial charge on any atom is 0.133 e. The molecule has 1 aliphatic carbocycles. The van der Waals surface area contributed by atoms with Crippen molar-refractivity contribution in [2.45, 2.75) is 43.1 Å². The van der Waals surface area contributed by atoms with Crippen molar-refractivity contribution in [3.05, 3.63) is 35.9 Å². The van der Waals surface area contributed by atoms with Crippen molar-refractivity contribution in [2.24, 2.45) is 5.92 Å². The largest absolute Gasteiger partial charge is 0.302 e. The number of carbonyl (C=O) groups is 1. The SMILES string of the molecule is O=CC(SCc1ccccc1)C1CCCCC1. The smallest absolute Gasteiger partial charge is 0.133 e. The highest BCUT2D eigenvalue weighted by molar-refractivity contribution is 7.99. The van der Waals surface area contributed by atoms with Crippen LogP contribution in [0.5, 0.6) is 0 Å². The predicted octanol–water partition coefficient (Wildman–Crippen LogP) is 4.07. The summed E-state index contributed by atoms with van der Waals surface area (Å²) < 4.78 is 0. The van der Waals surface area contributed by atoms with E-state index in [0.717, 1.165) is 5.75 Å². The van der Waals surface area contributed by atoms with Crippen LogP contribution in [-0.2, 0) is 10.5 Å². The minimum absolute atomic E-state index is 0.204. The van der Waals surface area contributed by atoms with Crippen molar-refractivity contribution in [1.29, 1.82) is 0 Å². The van der Waals surface area contributed by atoms with Crippen LogP contribution in [0.2, 0.25) is 0 Å². The van der Waals surface area contributed by atoms with Gasteiger partial charge in [0.2, 0.25) is 0 Å². The molecule has 0 N–H and O–H groups in total. The van der Waals surface area contributed by atoms with Gasteiger partial charge in [-0.15, -0.1) is 11.8 Å². The van der Waals surface area contributed by atoms with Crippen molar-refractivity contribution >= 4 is 18.0 Å². The highest BCUT2D eigenvalue weighted by atomic mass is 32.2. The van der Waals surface area contributed by atoms with Crippen molar-refractivity contribution < 1.29 is 4.79 Å². The molecule has 1 unspecified atom stereocenters. The fourth-order valence-corrected chi connectivity index (χ4v) is 3.72. The fraction of sp³-hybridized carbons (Fsp3) is 0.533. The quantitative estimate of drug-likeness (QED) is 0.731. The van der Waals surface area contributed by atoms with E-state index in [0.29, 0.717) is 5.92 Å². The highest BCUT2D eigenvalue weighted by Gasteiger charge is 2.23. The minimum atomic E-state index is 0.204. The monoisotopic (exact) mass is 248 g/mol. The molecule has 0 aromatic heterocycles. The highest BCUT2D eigenvalue weighted by Crippen LogP contribution is 2.32. The van der Waals surface area contributed by atoms with E-state index in [4.69, 9.17) is 0 Å². The van der Waals surface area contributed by atoms with Gasteiger partial charge < -0.3 is 4.79 Å². The van der Waals surface area contributed by atoms with E-state index in [1.165, 1.54) is 44.0 Å². The second-order valence-electron chi connectivity index (χ2n) is 4.80. The Labute approximate surface area is 108 Å². The van der Waals surface area contributed by atoms with Gasteiger partial charge in [-0.25, -0.2) is 0 Å². The van der Waals surface area contributed by atoms with E-state index >= 15 is 0 Å². The van der Waals surface area contributed by atoms with Crippen LogP contribution in [0.3, 0.4) is 0 Å². The van der Waals surface area contributed by atoms with Crippen LogP contribution >= 0.6 is 11.8 Å². The van der Waals surface area contributed by atoms with Crippen LogP contribution in [0.1, 0.15) is 37.7 Å². The molecule has 0 saturated heterocycles. The average Bonchev–Trinajstić information content (AvgIpc) is 2.42. The minimum Gasteiger partial charge on any atom is -0.302 e. The Kier molecular flexibility index (Phi) is 5.11. The van der Waals surface area contributed by atoms with Gasteiger partial charge in [0.1, 0.15) is 6.29 Å². The lowest BCUT2D eigenvalue weighted by Gasteiger charge is -2.26. The molecule has 0 spiro atoms. The topological polar surface area (TPSA) is 17.1 Å². The third-order valence-corrected chi connectivity index (χ3v) is 4.91.